The fourth-order valence-electron chi connectivity index (χ4n) is 0.708. The van der Waals surface area contributed by atoms with E-state index in [4.69, 9.17) is 5.11 Å². The quantitative estimate of drug-likeness (QED) is 0.609. The summed E-state index contributed by atoms with van der Waals surface area (Å²) < 4.78 is 24.3. The zero-order chi connectivity index (χ0) is 9.30. The highest BCUT2D eigenvalue weighted by atomic mass is 127. The third kappa shape index (κ3) is 1.57. The van der Waals surface area contributed by atoms with Crippen LogP contribution in [0.1, 0.15) is 12.0 Å². The van der Waals surface area contributed by atoms with Crippen LogP contribution in [-0.2, 0) is 0 Å². The van der Waals surface area contributed by atoms with Crippen molar-refractivity contribution >= 4 is 22.6 Å². The topological polar surface area (TPSA) is 53.1 Å². The summed E-state index contributed by atoms with van der Waals surface area (Å²) in [6, 6.07) is 0. The summed E-state index contributed by atoms with van der Waals surface area (Å²) in [6.07, 6.45) is -1.89. The number of rotatable bonds is 1. The molecule has 1 heterocycles. The van der Waals surface area contributed by atoms with E-state index in [0.717, 1.165) is 6.20 Å². The second kappa shape index (κ2) is 3.38. The normalized spacial score (nSPS) is 10.7. The lowest BCUT2D eigenvalue weighted by Crippen LogP contribution is -2.12. The molecule has 0 saturated heterocycles. The smallest absolute Gasteiger partial charge is 0.270 e. The van der Waals surface area contributed by atoms with Crippen molar-refractivity contribution in [3.05, 3.63) is 25.7 Å². The molecule has 0 bridgehead atoms. The minimum Gasteiger partial charge on any atom is -0.503 e. The predicted octanol–water partition coefficient (Wildman–Crippen LogP) is 1.62. The van der Waals surface area contributed by atoms with E-state index in [1.54, 1.807) is 22.6 Å². The van der Waals surface area contributed by atoms with Crippen molar-refractivity contribution in [2.75, 3.05) is 0 Å². The molecule has 0 atom stereocenters. The Morgan fingerprint density at radius 3 is 2.58 bits per heavy atom. The molecule has 1 aromatic heterocycles. The van der Waals surface area contributed by atoms with Gasteiger partial charge in [-0.25, -0.2) is 8.78 Å². The van der Waals surface area contributed by atoms with E-state index in [1.165, 1.54) is 0 Å². The molecular weight excluding hydrogens is 283 g/mol. The molecule has 12 heavy (non-hydrogen) atoms. The van der Waals surface area contributed by atoms with Crippen LogP contribution in [0.5, 0.6) is 5.75 Å². The van der Waals surface area contributed by atoms with Gasteiger partial charge >= 0.3 is 0 Å². The maximum Gasteiger partial charge on any atom is 0.270 e. The van der Waals surface area contributed by atoms with Crippen LogP contribution in [0.25, 0.3) is 0 Å². The highest BCUT2D eigenvalue weighted by molar-refractivity contribution is 14.1. The number of H-pyrrole nitrogens is 1. The summed E-state index contributed by atoms with van der Waals surface area (Å²) in [7, 11) is 0. The molecule has 0 fully saturated rings. The molecular formula is C6H4F2INO2. The number of hydrogen-bond acceptors (Lipinski definition) is 2. The molecule has 2 N–H and O–H groups in total. The lowest BCUT2D eigenvalue weighted by atomic mass is 10.3. The average molecular weight is 287 g/mol. The predicted molar refractivity (Wildman–Crippen MR) is 46.4 cm³/mol. The Bertz CT molecular complexity index is 350. The second-order valence-corrected chi connectivity index (χ2v) is 3.11. The van der Waals surface area contributed by atoms with Gasteiger partial charge in [-0.05, 0) is 22.6 Å². The van der Waals surface area contributed by atoms with Gasteiger partial charge in [0, 0.05) is 6.20 Å². The second-order valence-electron chi connectivity index (χ2n) is 2.03. The molecule has 0 saturated carbocycles. The van der Waals surface area contributed by atoms with Crippen LogP contribution in [0.15, 0.2) is 11.0 Å². The Balaban J connectivity index is 3.44. The zero-order valence-corrected chi connectivity index (χ0v) is 7.80. The van der Waals surface area contributed by atoms with Crippen LogP contribution in [0.3, 0.4) is 0 Å². The van der Waals surface area contributed by atoms with E-state index in [2.05, 4.69) is 4.98 Å². The lowest BCUT2D eigenvalue weighted by molar-refractivity contribution is 0.148. The van der Waals surface area contributed by atoms with Crippen molar-refractivity contribution in [3.63, 3.8) is 0 Å². The maximum absolute atomic E-state index is 12.1. The Kier molecular flexibility index (Phi) is 2.65. The number of alkyl halides is 2. The van der Waals surface area contributed by atoms with E-state index in [1.807, 2.05) is 0 Å². The standard InChI is InChI=1S/C6H4F2INO2/c7-5(8)3-4(12)2(11)1-10-6(3)9/h1,5,11H,(H,10,12). The van der Waals surface area contributed by atoms with Gasteiger partial charge in [0.2, 0.25) is 5.43 Å². The van der Waals surface area contributed by atoms with Gasteiger partial charge in [-0.3, -0.25) is 4.79 Å². The van der Waals surface area contributed by atoms with Gasteiger partial charge in [-0.1, -0.05) is 0 Å². The molecule has 0 spiro atoms. The van der Waals surface area contributed by atoms with Crippen molar-refractivity contribution in [1.82, 2.24) is 4.98 Å². The van der Waals surface area contributed by atoms with Crippen LogP contribution in [-0.4, -0.2) is 10.1 Å². The Labute approximate surface area is 79.6 Å². The molecule has 0 aromatic carbocycles. The Hall–Kier alpha value is -0.660. The highest BCUT2D eigenvalue weighted by Crippen LogP contribution is 2.20. The van der Waals surface area contributed by atoms with Gasteiger partial charge in [0.25, 0.3) is 6.43 Å². The number of nitrogens with one attached hydrogen (secondary N) is 1. The van der Waals surface area contributed by atoms with Gasteiger partial charge < -0.3 is 10.1 Å². The summed E-state index contributed by atoms with van der Waals surface area (Å²) in [5, 5.41) is 8.79. The van der Waals surface area contributed by atoms with Crippen LogP contribution in [0.2, 0.25) is 0 Å². The van der Waals surface area contributed by atoms with E-state index in [0.29, 0.717) is 0 Å². The third-order valence-electron chi connectivity index (χ3n) is 1.27. The van der Waals surface area contributed by atoms with Crippen LogP contribution in [0, 0.1) is 3.70 Å². The molecule has 0 amide bonds. The summed E-state index contributed by atoms with van der Waals surface area (Å²) >= 11 is 1.57. The summed E-state index contributed by atoms with van der Waals surface area (Å²) in [5.74, 6) is -0.689. The molecule has 0 aliphatic carbocycles. The van der Waals surface area contributed by atoms with Crippen molar-refractivity contribution in [2.45, 2.75) is 6.43 Å². The zero-order valence-electron chi connectivity index (χ0n) is 5.64. The summed E-state index contributed by atoms with van der Waals surface area (Å²) in [6.45, 7) is 0. The minimum absolute atomic E-state index is 0.0467. The highest BCUT2D eigenvalue weighted by Gasteiger charge is 2.18. The minimum atomic E-state index is -2.87. The first kappa shape index (κ1) is 9.43. The largest absolute Gasteiger partial charge is 0.503 e. The molecule has 1 rings (SSSR count). The van der Waals surface area contributed by atoms with Crippen molar-refractivity contribution < 1.29 is 13.9 Å². The number of aromatic nitrogens is 1. The molecule has 0 radical (unpaired) electrons. The van der Waals surface area contributed by atoms with Gasteiger partial charge in [0.1, 0.15) is 0 Å². The number of hydrogen-bond donors (Lipinski definition) is 2. The van der Waals surface area contributed by atoms with Gasteiger partial charge in [-0.2, -0.15) is 0 Å². The van der Waals surface area contributed by atoms with E-state index >= 15 is 0 Å². The van der Waals surface area contributed by atoms with Gasteiger partial charge in [0.05, 0.1) is 9.26 Å². The van der Waals surface area contributed by atoms with Crippen LogP contribution in [0.4, 0.5) is 8.78 Å². The molecule has 66 valence electrons. The molecule has 1 aromatic rings. The van der Waals surface area contributed by atoms with E-state index in [9.17, 15) is 13.6 Å². The molecule has 3 nitrogen and oxygen atoms in total. The number of pyridine rings is 1. The monoisotopic (exact) mass is 287 g/mol. The summed E-state index contributed by atoms with van der Waals surface area (Å²) in [4.78, 5) is 13.2. The van der Waals surface area contributed by atoms with Gasteiger partial charge in [0.15, 0.2) is 5.75 Å². The fraction of sp³-hybridized carbons (Fsp3) is 0.167. The van der Waals surface area contributed by atoms with Gasteiger partial charge in [-0.15, -0.1) is 0 Å². The molecule has 0 unspecified atom stereocenters. The Morgan fingerprint density at radius 1 is 1.58 bits per heavy atom. The molecule has 0 aliphatic heterocycles. The first-order valence-electron chi connectivity index (χ1n) is 2.92. The first-order chi connectivity index (χ1) is 5.54. The number of aromatic hydroxyl groups is 1. The van der Waals surface area contributed by atoms with E-state index < -0.39 is 23.2 Å². The third-order valence-corrected chi connectivity index (χ3v) is 2.16. The van der Waals surface area contributed by atoms with Crippen molar-refractivity contribution in [3.8, 4) is 5.75 Å². The molecule has 6 heteroatoms. The van der Waals surface area contributed by atoms with Crippen LogP contribution < -0.4 is 5.43 Å². The van der Waals surface area contributed by atoms with Crippen molar-refractivity contribution in [1.29, 1.82) is 0 Å². The average Bonchev–Trinajstić information content (AvgIpc) is 1.97. The van der Waals surface area contributed by atoms with Crippen LogP contribution >= 0.6 is 22.6 Å². The van der Waals surface area contributed by atoms with E-state index in [-0.39, 0.29) is 3.70 Å². The lowest BCUT2D eigenvalue weighted by Gasteiger charge is -2.01. The molecule has 0 aliphatic rings. The fourth-order valence-corrected chi connectivity index (χ4v) is 1.34. The Morgan fingerprint density at radius 2 is 2.17 bits per heavy atom. The SMILES string of the molecule is O=c1c(O)c[nH]c(I)c1C(F)F. The first-order valence-corrected chi connectivity index (χ1v) is 4.00. The van der Waals surface area contributed by atoms with Crippen molar-refractivity contribution in [2.24, 2.45) is 0 Å². The summed E-state index contributed by atoms with van der Waals surface area (Å²) in [5.41, 5.74) is -1.70. The maximum atomic E-state index is 12.1. The number of halogens is 3. The number of aromatic amines is 1.